The van der Waals surface area contributed by atoms with Crippen molar-refractivity contribution in [2.75, 3.05) is 26.3 Å². The van der Waals surface area contributed by atoms with Gasteiger partial charge in [0.05, 0.1) is 18.1 Å². The Morgan fingerprint density at radius 3 is 2.73 bits per heavy atom. The molecule has 1 aromatic heterocycles. The minimum Gasteiger partial charge on any atom is -0.379 e. The number of hydrogen-bond acceptors (Lipinski definition) is 6. The molecule has 4 rings (SSSR count). The average molecular weight is 395 g/mol. The molecule has 1 aliphatic heterocycles. The van der Waals surface area contributed by atoms with Crippen LogP contribution in [0.3, 0.4) is 0 Å². The zero-order valence-corrected chi connectivity index (χ0v) is 16.3. The van der Waals surface area contributed by atoms with E-state index >= 15 is 0 Å². The van der Waals surface area contributed by atoms with Gasteiger partial charge in [-0.15, -0.1) is 10.2 Å². The second-order valence-electron chi connectivity index (χ2n) is 6.63. The van der Waals surface area contributed by atoms with Gasteiger partial charge in [-0.2, -0.15) is 4.31 Å². The summed E-state index contributed by atoms with van der Waals surface area (Å²) < 4.78 is 34.4. The summed E-state index contributed by atoms with van der Waals surface area (Å²) in [5.74, 6) is 2.27. The number of ether oxygens (including phenoxy) is 1. The van der Waals surface area contributed by atoms with Gasteiger partial charge in [-0.1, -0.05) is 23.9 Å². The third-order valence-corrected chi connectivity index (χ3v) is 7.67. The van der Waals surface area contributed by atoms with Crippen LogP contribution in [0.25, 0.3) is 0 Å². The van der Waals surface area contributed by atoms with E-state index in [1.165, 1.54) is 17.1 Å². The Bertz CT molecular complexity index is 887. The summed E-state index contributed by atoms with van der Waals surface area (Å²) >= 11 is 1.58. The number of sulfonamides is 1. The maximum Gasteiger partial charge on any atom is 0.243 e. The molecule has 0 unspecified atom stereocenters. The number of benzene rings is 1. The van der Waals surface area contributed by atoms with E-state index in [0.717, 1.165) is 16.5 Å². The minimum atomic E-state index is -3.46. The predicted molar refractivity (Wildman–Crippen MR) is 98.6 cm³/mol. The summed E-state index contributed by atoms with van der Waals surface area (Å²) in [4.78, 5) is 0.342. The largest absolute Gasteiger partial charge is 0.379 e. The third kappa shape index (κ3) is 3.66. The van der Waals surface area contributed by atoms with Crippen molar-refractivity contribution in [3.8, 4) is 0 Å². The normalized spacial score (nSPS) is 19.0. The van der Waals surface area contributed by atoms with Crippen molar-refractivity contribution >= 4 is 21.8 Å². The van der Waals surface area contributed by atoms with Gasteiger partial charge in [0.25, 0.3) is 0 Å². The van der Waals surface area contributed by atoms with Gasteiger partial charge in [-0.05, 0) is 30.5 Å². The predicted octanol–water partition coefficient (Wildman–Crippen LogP) is 2.01. The topological polar surface area (TPSA) is 77.3 Å². The van der Waals surface area contributed by atoms with Crippen LogP contribution in [0.5, 0.6) is 0 Å². The van der Waals surface area contributed by atoms with E-state index in [4.69, 9.17) is 4.74 Å². The Labute approximate surface area is 157 Å². The van der Waals surface area contributed by atoms with E-state index in [1.807, 2.05) is 13.1 Å². The zero-order chi connectivity index (χ0) is 18.1. The molecule has 0 amide bonds. The lowest BCUT2D eigenvalue weighted by Crippen LogP contribution is -2.40. The summed E-state index contributed by atoms with van der Waals surface area (Å²) in [7, 11) is -1.47. The van der Waals surface area contributed by atoms with Crippen molar-refractivity contribution in [1.29, 1.82) is 0 Å². The van der Waals surface area contributed by atoms with Crippen LogP contribution >= 0.6 is 11.8 Å². The number of thioether (sulfide) groups is 1. The smallest absolute Gasteiger partial charge is 0.243 e. The van der Waals surface area contributed by atoms with Crippen molar-refractivity contribution < 1.29 is 13.2 Å². The van der Waals surface area contributed by atoms with Crippen molar-refractivity contribution in [2.45, 2.75) is 34.6 Å². The summed E-state index contributed by atoms with van der Waals surface area (Å²) in [5, 5.41) is 9.43. The summed E-state index contributed by atoms with van der Waals surface area (Å²) in [6, 6.07) is 7.17. The molecule has 2 aromatic rings. The molecule has 9 heteroatoms. The van der Waals surface area contributed by atoms with Crippen molar-refractivity contribution in [1.82, 2.24) is 19.1 Å². The van der Waals surface area contributed by atoms with Crippen molar-refractivity contribution in [2.24, 2.45) is 7.05 Å². The Morgan fingerprint density at radius 1 is 1.23 bits per heavy atom. The van der Waals surface area contributed by atoms with Crippen molar-refractivity contribution in [3.63, 3.8) is 0 Å². The van der Waals surface area contributed by atoms with Crippen LogP contribution in [0.1, 0.15) is 30.1 Å². The van der Waals surface area contributed by atoms with Gasteiger partial charge >= 0.3 is 0 Å². The number of nitrogens with zero attached hydrogens (tertiary/aromatic N) is 4. The molecule has 2 heterocycles. The molecule has 0 bridgehead atoms. The van der Waals surface area contributed by atoms with E-state index in [-0.39, 0.29) is 0 Å². The number of morpholine rings is 1. The van der Waals surface area contributed by atoms with Gasteiger partial charge in [0.1, 0.15) is 5.82 Å². The number of hydrogen-bond donors (Lipinski definition) is 0. The maximum absolute atomic E-state index is 12.8. The Morgan fingerprint density at radius 2 is 2.00 bits per heavy atom. The summed E-state index contributed by atoms with van der Waals surface area (Å²) in [6.07, 6.45) is 2.39. The molecule has 0 N–H and O–H groups in total. The fourth-order valence-electron chi connectivity index (χ4n) is 3.03. The molecule has 0 radical (unpaired) electrons. The van der Waals surface area contributed by atoms with Crippen LogP contribution in [0.4, 0.5) is 0 Å². The Kier molecular flexibility index (Phi) is 5.05. The Hall–Kier alpha value is -1.42. The lowest BCUT2D eigenvalue weighted by Gasteiger charge is -2.26. The first-order valence-electron chi connectivity index (χ1n) is 8.74. The molecule has 140 valence electrons. The number of rotatable bonds is 6. The molecule has 2 fully saturated rings. The molecule has 1 saturated carbocycles. The van der Waals surface area contributed by atoms with E-state index < -0.39 is 10.0 Å². The van der Waals surface area contributed by atoms with Crippen LogP contribution in [0, 0.1) is 0 Å². The van der Waals surface area contributed by atoms with Crippen LogP contribution < -0.4 is 0 Å². The molecule has 0 spiro atoms. The molecule has 1 aliphatic carbocycles. The highest BCUT2D eigenvalue weighted by molar-refractivity contribution is 7.98. The third-order valence-electron chi connectivity index (χ3n) is 4.69. The SMILES string of the molecule is Cn1c(SCc2cccc(S(=O)(=O)N3CCOCC3)c2)nnc1C1CC1. The van der Waals surface area contributed by atoms with Crippen LogP contribution in [-0.2, 0) is 27.6 Å². The lowest BCUT2D eigenvalue weighted by atomic mass is 10.2. The standard InChI is InChI=1S/C17H22N4O3S2/c1-20-16(14-5-6-14)18-19-17(20)25-12-13-3-2-4-15(11-13)26(22,23)21-7-9-24-10-8-21/h2-4,11,14H,5-10,12H2,1H3. The zero-order valence-electron chi connectivity index (χ0n) is 14.7. The van der Waals surface area contributed by atoms with Gasteiger partial charge in [0.2, 0.25) is 10.0 Å². The highest BCUT2D eigenvalue weighted by Crippen LogP contribution is 2.39. The fraction of sp³-hybridized carbons (Fsp3) is 0.529. The molecule has 7 nitrogen and oxygen atoms in total. The summed E-state index contributed by atoms with van der Waals surface area (Å²) in [6.45, 7) is 1.71. The molecular weight excluding hydrogens is 372 g/mol. The monoisotopic (exact) mass is 394 g/mol. The maximum atomic E-state index is 12.8. The van der Waals surface area contributed by atoms with Gasteiger partial charge in [0, 0.05) is 31.8 Å². The second kappa shape index (κ2) is 7.30. The first-order chi connectivity index (χ1) is 12.6. The van der Waals surface area contributed by atoms with Gasteiger partial charge in [-0.3, -0.25) is 0 Å². The molecule has 26 heavy (non-hydrogen) atoms. The van der Waals surface area contributed by atoms with E-state index in [9.17, 15) is 8.42 Å². The second-order valence-corrected chi connectivity index (χ2v) is 9.51. The van der Waals surface area contributed by atoms with E-state index in [0.29, 0.717) is 42.9 Å². The van der Waals surface area contributed by atoms with Crippen molar-refractivity contribution in [3.05, 3.63) is 35.7 Å². The first-order valence-corrected chi connectivity index (χ1v) is 11.2. The van der Waals surface area contributed by atoms with Gasteiger partial charge in [0.15, 0.2) is 5.16 Å². The molecule has 0 atom stereocenters. The Balaban J connectivity index is 1.47. The van der Waals surface area contributed by atoms with E-state index in [1.54, 1.807) is 30.0 Å². The minimum absolute atomic E-state index is 0.342. The highest BCUT2D eigenvalue weighted by atomic mass is 32.2. The highest BCUT2D eigenvalue weighted by Gasteiger charge is 2.29. The van der Waals surface area contributed by atoms with Crippen LogP contribution in [0.15, 0.2) is 34.3 Å². The lowest BCUT2D eigenvalue weighted by molar-refractivity contribution is 0.0730. The van der Waals surface area contributed by atoms with Crippen LogP contribution in [-0.4, -0.2) is 53.8 Å². The average Bonchev–Trinajstić information content (AvgIpc) is 3.44. The molecule has 2 aliphatic rings. The summed E-state index contributed by atoms with van der Waals surface area (Å²) in [5.41, 5.74) is 0.959. The van der Waals surface area contributed by atoms with Gasteiger partial charge in [-0.25, -0.2) is 8.42 Å². The van der Waals surface area contributed by atoms with E-state index in [2.05, 4.69) is 14.8 Å². The fourth-order valence-corrected chi connectivity index (χ4v) is 5.37. The first kappa shape index (κ1) is 18.0. The quantitative estimate of drug-likeness (QED) is 0.698. The molecule has 1 aromatic carbocycles. The van der Waals surface area contributed by atoms with Crippen LogP contribution in [0.2, 0.25) is 0 Å². The molecular formula is C17H22N4O3S2. The number of aromatic nitrogens is 3. The molecule has 1 saturated heterocycles. The van der Waals surface area contributed by atoms with Gasteiger partial charge < -0.3 is 9.30 Å².